The summed E-state index contributed by atoms with van der Waals surface area (Å²) in [5.74, 6) is -0.615. The number of nitro groups is 1. The molecule has 0 aliphatic rings. The molecule has 2 aromatic rings. The number of amides is 1. The van der Waals surface area contributed by atoms with E-state index in [1.165, 1.54) is 6.07 Å². The molecule has 0 aliphatic carbocycles. The van der Waals surface area contributed by atoms with Gasteiger partial charge in [0.15, 0.2) is 5.13 Å². The van der Waals surface area contributed by atoms with Gasteiger partial charge in [-0.25, -0.2) is 10.1 Å². The highest BCUT2D eigenvalue weighted by atomic mass is 32.1. The molecule has 0 aliphatic heterocycles. The number of nitrogens with zero attached hydrogens (tertiary/aromatic N) is 3. The molecule has 92 valence electrons. The van der Waals surface area contributed by atoms with Crippen molar-refractivity contribution in [2.45, 2.75) is 0 Å². The lowest BCUT2D eigenvalue weighted by Crippen LogP contribution is -2.17. The van der Waals surface area contributed by atoms with Gasteiger partial charge >= 0.3 is 5.00 Å². The fourth-order valence-electron chi connectivity index (χ4n) is 1.04. The molecule has 2 rings (SSSR count). The molecule has 18 heavy (non-hydrogen) atoms. The zero-order valence-electron chi connectivity index (χ0n) is 8.61. The van der Waals surface area contributed by atoms with Crippen LogP contribution in [-0.2, 0) is 0 Å². The average Bonchev–Trinajstić information content (AvgIpc) is 2.78. The van der Waals surface area contributed by atoms with Gasteiger partial charge in [-0.1, -0.05) is 0 Å². The number of anilines is 1. The van der Waals surface area contributed by atoms with Crippen LogP contribution in [0, 0.1) is 10.1 Å². The van der Waals surface area contributed by atoms with Crippen molar-refractivity contribution in [3.8, 4) is 0 Å². The van der Waals surface area contributed by atoms with Gasteiger partial charge in [-0.05, 0) is 17.4 Å². The molecule has 9 nitrogen and oxygen atoms in total. The lowest BCUT2D eigenvalue weighted by molar-refractivity contribution is -0.380. The van der Waals surface area contributed by atoms with Crippen LogP contribution in [0.1, 0.15) is 10.5 Å². The zero-order valence-corrected chi connectivity index (χ0v) is 9.43. The van der Waals surface area contributed by atoms with Crippen molar-refractivity contribution >= 4 is 27.4 Å². The van der Waals surface area contributed by atoms with Crippen molar-refractivity contribution < 1.29 is 9.72 Å². The Labute approximate surface area is 103 Å². The van der Waals surface area contributed by atoms with E-state index >= 15 is 0 Å². The molecule has 2 aromatic heterocycles. The van der Waals surface area contributed by atoms with Gasteiger partial charge in [0.05, 0.1) is 4.92 Å². The molecule has 0 aromatic carbocycles. The van der Waals surface area contributed by atoms with E-state index in [1.807, 2.05) is 0 Å². The molecule has 0 saturated carbocycles. The van der Waals surface area contributed by atoms with Crippen LogP contribution >= 0.6 is 11.3 Å². The molecule has 0 bridgehead atoms. The maximum absolute atomic E-state index is 11.6. The van der Waals surface area contributed by atoms with Crippen LogP contribution in [0.5, 0.6) is 0 Å². The number of hydrogen-bond acceptors (Lipinski definition) is 7. The van der Waals surface area contributed by atoms with Crippen LogP contribution in [0.15, 0.2) is 23.1 Å². The highest BCUT2D eigenvalue weighted by Crippen LogP contribution is 2.24. The van der Waals surface area contributed by atoms with Crippen LogP contribution in [0.2, 0.25) is 0 Å². The Kier molecular flexibility index (Phi) is 3.10. The summed E-state index contributed by atoms with van der Waals surface area (Å²) >= 11 is 0.725. The summed E-state index contributed by atoms with van der Waals surface area (Å²) in [7, 11) is 0. The Morgan fingerprint density at radius 3 is 2.83 bits per heavy atom. The van der Waals surface area contributed by atoms with E-state index in [-0.39, 0.29) is 15.8 Å². The van der Waals surface area contributed by atoms with Gasteiger partial charge in [0.2, 0.25) is 0 Å². The first-order valence-electron chi connectivity index (χ1n) is 4.53. The van der Waals surface area contributed by atoms with Crippen molar-refractivity contribution in [2.75, 3.05) is 5.32 Å². The Bertz CT molecular complexity index is 643. The third-order valence-corrected chi connectivity index (χ3v) is 2.67. The normalized spacial score (nSPS) is 10.0. The molecule has 0 fully saturated rings. The lowest BCUT2D eigenvalue weighted by atomic mass is 10.4. The minimum atomic E-state index is -0.615. The van der Waals surface area contributed by atoms with Gasteiger partial charge in [0, 0.05) is 6.07 Å². The zero-order chi connectivity index (χ0) is 13.1. The predicted molar refractivity (Wildman–Crippen MR) is 61.6 cm³/mol. The summed E-state index contributed by atoms with van der Waals surface area (Å²) in [6.45, 7) is 0. The van der Waals surface area contributed by atoms with E-state index in [0.29, 0.717) is 0 Å². The van der Waals surface area contributed by atoms with E-state index in [0.717, 1.165) is 23.6 Å². The molecular weight excluding hydrogens is 262 g/mol. The van der Waals surface area contributed by atoms with E-state index in [2.05, 4.69) is 20.5 Å². The Morgan fingerprint density at radius 2 is 2.28 bits per heavy atom. The number of carbonyl (C=O) groups excluding carboxylic acids is 1. The molecule has 0 spiro atoms. The van der Waals surface area contributed by atoms with E-state index < -0.39 is 16.4 Å². The van der Waals surface area contributed by atoms with E-state index in [4.69, 9.17) is 0 Å². The average molecular weight is 267 g/mol. The van der Waals surface area contributed by atoms with E-state index in [9.17, 15) is 19.7 Å². The third kappa shape index (κ3) is 2.55. The summed E-state index contributed by atoms with van der Waals surface area (Å²) < 4.78 is 0. The first-order valence-corrected chi connectivity index (χ1v) is 5.35. The van der Waals surface area contributed by atoms with Crippen LogP contribution in [0.4, 0.5) is 10.1 Å². The number of aromatic nitrogens is 3. The van der Waals surface area contributed by atoms with Gasteiger partial charge in [-0.3, -0.25) is 25.0 Å². The number of aromatic amines is 1. The first-order chi connectivity index (χ1) is 8.56. The van der Waals surface area contributed by atoms with Crippen LogP contribution in [0.3, 0.4) is 0 Å². The highest BCUT2D eigenvalue weighted by Gasteiger charge is 2.14. The third-order valence-electron chi connectivity index (χ3n) is 1.81. The molecule has 0 atom stereocenters. The van der Waals surface area contributed by atoms with Crippen molar-refractivity contribution in [1.29, 1.82) is 0 Å². The quantitative estimate of drug-likeness (QED) is 0.610. The summed E-state index contributed by atoms with van der Waals surface area (Å²) in [5, 5.41) is 18.3. The smallest absolute Gasteiger partial charge is 0.296 e. The molecule has 10 heteroatoms. The topological polar surface area (TPSA) is 131 Å². The molecular formula is C8H5N5O4S. The van der Waals surface area contributed by atoms with Crippen LogP contribution < -0.4 is 10.9 Å². The number of carbonyl (C=O) groups is 1. The largest absolute Gasteiger partial charge is 0.345 e. The molecule has 2 N–H and O–H groups in total. The van der Waals surface area contributed by atoms with Gasteiger partial charge in [0.1, 0.15) is 11.9 Å². The second-order valence-electron chi connectivity index (χ2n) is 3.02. The SMILES string of the molecule is O=C(Nc1ncc([N+](=O)[O-])s1)c1ccc(=O)[nH]n1. The number of rotatable bonds is 3. The highest BCUT2D eigenvalue weighted by molar-refractivity contribution is 7.18. The van der Waals surface area contributed by atoms with Gasteiger partial charge < -0.3 is 0 Å². The Balaban J connectivity index is 2.13. The van der Waals surface area contributed by atoms with Crippen molar-refractivity contribution in [3.63, 3.8) is 0 Å². The second kappa shape index (κ2) is 4.71. The predicted octanol–water partition coefficient (Wildman–Crippen LogP) is 0.387. The van der Waals surface area contributed by atoms with Gasteiger partial charge in [-0.15, -0.1) is 0 Å². The number of H-pyrrole nitrogens is 1. The second-order valence-corrected chi connectivity index (χ2v) is 4.03. The monoisotopic (exact) mass is 267 g/mol. The summed E-state index contributed by atoms with van der Waals surface area (Å²) in [4.78, 5) is 35.8. The summed E-state index contributed by atoms with van der Waals surface area (Å²) in [6.07, 6.45) is 1.04. The maximum atomic E-state index is 11.6. The lowest BCUT2D eigenvalue weighted by Gasteiger charge is -1.98. The minimum absolute atomic E-state index is 0.0209. The Hall–Kier alpha value is -2.62. The van der Waals surface area contributed by atoms with Gasteiger partial charge in [0.25, 0.3) is 11.5 Å². The van der Waals surface area contributed by atoms with Crippen molar-refractivity contribution in [1.82, 2.24) is 15.2 Å². The summed E-state index contributed by atoms with van der Waals surface area (Å²) in [5.41, 5.74) is -0.455. The Morgan fingerprint density at radius 1 is 1.50 bits per heavy atom. The number of thiazole rings is 1. The first kappa shape index (κ1) is 11.9. The molecule has 2 heterocycles. The minimum Gasteiger partial charge on any atom is -0.296 e. The maximum Gasteiger partial charge on any atom is 0.345 e. The summed E-state index contributed by atoms with van der Waals surface area (Å²) in [6, 6.07) is 2.38. The molecule has 0 radical (unpaired) electrons. The van der Waals surface area contributed by atoms with E-state index in [1.54, 1.807) is 0 Å². The number of hydrogen-bond donors (Lipinski definition) is 2. The standard InChI is InChI=1S/C8H5N5O4S/c14-5-2-1-4(11-12-5)7(15)10-8-9-3-6(18-8)13(16)17/h1-3H,(H,12,14)(H,9,10,15). The fraction of sp³-hybridized carbons (Fsp3) is 0. The number of nitrogens with one attached hydrogen (secondary N) is 2. The van der Waals surface area contributed by atoms with Crippen molar-refractivity contribution in [2.24, 2.45) is 0 Å². The molecule has 0 saturated heterocycles. The molecule has 0 unspecified atom stereocenters. The van der Waals surface area contributed by atoms with Crippen molar-refractivity contribution in [3.05, 3.63) is 44.5 Å². The van der Waals surface area contributed by atoms with Crippen LogP contribution in [0.25, 0.3) is 0 Å². The fourth-order valence-corrected chi connectivity index (χ4v) is 1.67. The molecule has 1 amide bonds. The van der Waals surface area contributed by atoms with Gasteiger partial charge in [-0.2, -0.15) is 5.10 Å². The van der Waals surface area contributed by atoms with Crippen LogP contribution in [-0.4, -0.2) is 26.0 Å².